The minimum atomic E-state index is -0.0618. The predicted molar refractivity (Wildman–Crippen MR) is 95.8 cm³/mol. The Hall–Kier alpha value is -2.41. The van der Waals surface area contributed by atoms with Crippen LogP contribution >= 0.6 is 11.3 Å². The number of nitrogens with zero attached hydrogens (tertiary/aromatic N) is 3. The molecular weight excluding hydrogens is 338 g/mol. The van der Waals surface area contributed by atoms with E-state index < -0.39 is 0 Å². The van der Waals surface area contributed by atoms with E-state index in [0.717, 1.165) is 10.7 Å². The SMILES string of the molecule is CC(=O)N1CCN(C(=O)c2ccccc2OCc2csc(C)n2)CC1. The molecule has 0 saturated carbocycles. The highest BCUT2D eigenvalue weighted by Gasteiger charge is 2.25. The highest BCUT2D eigenvalue weighted by Crippen LogP contribution is 2.22. The Morgan fingerprint density at radius 2 is 1.84 bits per heavy atom. The Labute approximate surface area is 151 Å². The van der Waals surface area contributed by atoms with E-state index in [-0.39, 0.29) is 11.8 Å². The van der Waals surface area contributed by atoms with Crippen LogP contribution in [-0.4, -0.2) is 52.8 Å². The lowest BCUT2D eigenvalue weighted by molar-refractivity contribution is -0.130. The fourth-order valence-electron chi connectivity index (χ4n) is 2.79. The summed E-state index contributed by atoms with van der Waals surface area (Å²) >= 11 is 1.58. The monoisotopic (exact) mass is 359 g/mol. The zero-order valence-corrected chi connectivity index (χ0v) is 15.2. The van der Waals surface area contributed by atoms with Crippen LogP contribution in [0.1, 0.15) is 28.0 Å². The van der Waals surface area contributed by atoms with Crippen LogP contribution in [0.4, 0.5) is 0 Å². The second-order valence-electron chi connectivity index (χ2n) is 5.94. The van der Waals surface area contributed by atoms with E-state index in [1.807, 2.05) is 24.4 Å². The lowest BCUT2D eigenvalue weighted by Gasteiger charge is -2.34. The van der Waals surface area contributed by atoms with Crippen LogP contribution in [0.25, 0.3) is 0 Å². The molecule has 3 rings (SSSR count). The van der Waals surface area contributed by atoms with Crippen molar-refractivity contribution in [3.8, 4) is 5.75 Å². The fourth-order valence-corrected chi connectivity index (χ4v) is 3.39. The molecule has 1 fully saturated rings. The third kappa shape index (κ3) is 4.17. The van der Waals surface area contributed by atoms with Crippen molar-refractivity contribution in [1.82, 2.24) is 14.8 Å². The number of aryl methyl sites for hydroxylation is 1. The van der Waals surface area contributed by atoms with Gasteiger partial charge in [0.15, 0.2) is 0 Å². The molecule has 0 aliphatic carbocycles. The molecule has 6 nitrogen and oxygen atoms in total. The van der Waals surface area contributed by atoms with Gasteiger partial charge in [-0.2, -0.15) is 0 Å². The Morgan fingerprint density at radius 1 is 1.16 bits per heavy atom. The van der Waals surface area contributed by atoms with Crippen LogP contribution in [0, 0.1) is 6.92 Å². The molecule has 25 heavy (non-hydrogen) atoms. The summed E-state index contributed by atoms with van der Waals surface area (Å²) in [5.74, 6) is 0.551. The number of amides is 2. The predicted octanol–water partition coefficient (Wildman–Crippen LogP) is 2.33. The van der Waals surface area contributed by atoms with Crippen molar-refractivity contribution in [3.63, 3.8) is 0 Å². The number of hydrogen-bond acceptors (Lipinski definition) is 5. The first kappa shape index (κ1) is 17.4. The van der Waals surface area contributed by atoms with Gasteiger partial charge in [-0.25, -0.2) is 4.98 Å². The van der Waals surface area contributed by atoms with Gasteiger partial charge in [-0.15, -0.1) is 11.3 Å². The van der Waals surface area contributed by atoms with Crippen LogP contribution in [0.2, 0.25) is 0 Å². The molecule has 0 atom stereocenters. The fraction of sp³-hybridized carbons (Fsp3) is 0.389. The summed E-state index contributed by atoms with van der Waals surface area (Å²) in [7, 11) is 0. The van der Waals surface area contributed by atoms with Crippen molar-refractivity contribution in [2.45, 2.75) is 20.5 Å². The van der Waals surface area contributed by atoms with Crippen LogP contribution in [0.5, 0.6) is 5.75 Å². The average molecular weight is 359 g/mol. The number of thiazole rings is 1. The van der Waals surface area contributed by atoms with E-state index in [1.54, 1.807) is 40.2 Å². The maximum Gasteiger partial charge on any atom is 0.257 e. The Balaban J connectivity index is 1.67. The summed E-state index contributed by atoms with van der Waals surface area (Å²) in [6.45, 7) is 6.07. The van der Waals surface area contributed by atoms with Gasteiger partial charge in [0.25, 0.3) is 5.91 Å². The lowest BCUT2D eigenvalue weighted by Crippen LogP contribution is -2.50. The maximum absolute atomic E-state index is 12.8. The Bertz CT molecular complexity index is 766. The second kappa shape index (κ2) is 7.65. The van der Waals surface area contributed by atoms with Crippen LogP contribution in [0.3, 0.4) is 0 Å². The number of carbonyl (C=O) groups is 2. The smallest absolute Gasteiger partial charge is 0.257 e. The summed E-state index contributed by atoms with van der Waals surface area (Å²) < 4.78 is 5.84. The van der Waals surface area contributed by atoms with Crippen molar-refractivity contribution in [3.05, 3.63) is 45.9 Å². The van der Waals surface area contributed by atoms with Gasteiger partial charge >= 0.3 is 0 Å². The van der Waals surface area contributed by atoms with Gasteiger partial charge < -0.3 is 14.5 Å². The molecule has 0 spiro atoms. The first-order valence-corrected chi connectivity index (χ1v) is 9.10. The number of aromatic nitrogens is 1. The van der Waals surface area contributed by atoms with Crippen molar-refractivity contribution in [2.24, 2.45) is 0 Å². The molecule has 1 saturated heterocycles. The van der Waals surface area contributed by atoms with Crippen molar-refractivity contribution in [1.29, 1.82) is 0 Å². The minimum Gasteiger partial charge on any atom is -0.486 e. The number of ether oxygens (including phenoxy) is 1. The number of hydrogen-bond donors (Lipinski definition) is 0. The van der Waals surface area contributed by atoms with Crippen LogP contribution in [-0.2, 0) is 11.4 Å². The van der Waals surface area contributed by atoms with Crippen molar-refractivity contribution >= 4 is 23.2 Å². The first-order valence-electron chi connectivity index (χ1n) is 8.22. The van der Waals surface area contributed by atoms with Crippen molar-refractivity contribution in [2.75, 3.05) is 26.2 Å². The number of rotatable bonds is 4. The van der Waals surface area contributed by atoms with Gasteiger partial charge in [-0.1, -0.05) is 12.1 Å². The highest BCUT2D eigenvalue weighted by molar-refractivity contribution is 7.09. The normalized spacial score (nSPS) is 14.5. The van der Waals surface area contributed by atoms with E-state index >= 15 is 0 Å². The van der Waals surface area contributed by atoms with E-state index in [9.17, 15) is 9.59 Å². The zero-order chi connectivity index (χ0) is 17.8. The summed E-state index contributed by atoms with van der Waals surface area (Å²) in [5.41, 5.74) is 1.41. The van der Waals surface area contributed by atoms with E-state index in [0.29, 0.717) is 44.1 Å². The first-order chi connectivity index (χ1) is 12.0. The molecule has 0 N–H and O–H groups in total. The summed E-state index contributed by atoms with van der Waals surface area (Å²) in [5, 5.41) is 2.95. The molecule has 2 aromatic rings. The highest BCUT2D eigenvalue weighted by atomic mass is 32.1. The number of piperazine rings is 1. The van der Waals surface area contributed by atoms with E-state index in [1.165, 1.54) is 0 Å². The molecule has 1 aromatic heterocycles. The summed E-state index contributed by atoms with van der Waals surface area (Å²) in [4.78, 5) is 32.2. The summed E-state index contributed by atoms with van der Waals surface area (Å²) in [6, 6.07) is 7.27. The van der Waals surface area contributed by atoms with Crippen molar-refractivity contribution < 1.29 is 14.3 Å². The lowest BCUT2D eigenvalue weighted by atomic mass is 10.1. The molecule has 132 valence electrons. The molecule has 2 heterocycles. The summed E-state index contributed by atoms with van der Waals surface area (Å²) in [6.07, 6.45) is 0. The molecule has 0 unspecified atom stereocenters. The van der Waals surface area contributed by atoms with Gasteiger partial charge in [-0.3, -0.25) is 9.59 Å². The molecule has 1 aromatic carbocycles. The third-order valence-electron chi connectivity index (χ3n) is 4.17. The van der Waals surface area contributed by atoms with Crippen LogP contribution in [0.15, 0.2) is 29.6 Å². The zero-order valence-electron chi connectivity index (χ0n) is 14.4. The topological polar surface area (TPSA) is 62.7 Å². The molecule has 7 heteroatoms. The largest absolute Gasteiger partial charge is 0.486 e. The Kier molecular flexibility index (Phi) is 5.33. The van der Waals surface area contributed by atoms with E-state index in [4.69, 9.17) is 4.74 Å². The molecule has 1 aliphatic rings. The molecule has 2 amide bonds. The van der Waals surface area contributed by atoms with Gasteiger partial charge in [0.1, 0.15) is 12.4 Å². The van der Waals surface area contributed by atoms with E-state index in [2.05, 4.69) is 4.98 Å². The second-order valence-corrected chi connectivity index (χ2v) is 7.00. The van der Waals surface area contributed by atoms with Crippen LogP contribution < -0.4 is 4.74 Å². The molecular formula is C18H21N3O3S. The molecule has 0 bridgehead atoms. The van der Waals surface area contributed by atoms with Gasteiger partial charge in [0, 0.05) is 38.5 Å². The third-order valence-corrected chi connectivity index (χ3v) is 4.99. The Morgan fingerprint density at radius 3 is 2.48 bits per heavy atom. The standard InChI is InChI=1S/C18H21N3O3S/c1-13-19-15(12-25-13)11-24-17-6-4-3-5-16(17)18(23)21-9-7-20(8-10-21)14(2)22/h3-6,12H,7-11H2,1-2H3. The maximum atomic E-state index is 12.8. The van der Waals surface area contributed by atoms with Gasteiger partial charge in [0.2, 0.25) is 5.91 Å². The number of carbonyl (C=O) groups excluding carboxylic acids is 2. The quantitative estimate of drug-likeness (QED) is 0.841. The number of para-hydroxylation sites is 1. The number of benzene rings is 1. The van der Waals surface area contributed by atoms with Gasteiger partial charge in [0.05, 0.1) is 16.3 Å². The average Bonchev–Trinajstić information content (AvgIpc) is 3.05. The molecule has 0 radical (unpaired) electrons. The van der Waals surface area contributed by atoms with Gasteiger partial charge in [-0.05, 0) is 19.1 Å². The minimum absolute atomic E-state index is 0.0504. The molecule has 1 aliphatic heterocycles.